The summed E-state index contributed by atoms with van der Waals surface area (Å²) < 4.78 is 34.0. The number of sulfone groups is 1. The zero-order valence-electron chi connectivity index (χ0n) is 15.4. The van der Waals surface area contributed by atoms with Gasteiger partial charge in [0.1, 0.15) is 12.4 Å². The minimum atomic E-state index is -3.13. The van der Waals surface area contributed by atoms with Crippen molar-refractivity contribution in [1.29, 1.82) is 0 Å². The molecule has 7 nitrogen and oxygen atoms in total. The van der Waals surface area contributed by atoms with E-state index in [0.29, 0.717) is 32.3 Å². The highest BCUT2D eigenvalue weighted by Gasteiger charge is 2.28. The summed E-state index contributed by atoms with van der Waals surface area (Å²) in [6.45, 7) is 7.19. The van der Waals surface area contributed by atoms with E-state index in [2.05, 4.69) is 15.6 Å². The Labute approximate surface area is 167 Å². The van der Waals surface area contributed by atoms with E-state index < -0.39 is 14.6 Å². The second kappa shape index (κ2) is 11.7. The lowest BCUT2D eigenvalue weighted by Gasteiger charge is -2.19. The van der Waals surface area contributed by atoms with Gasteiger partial charge in [-0.25, -0.2) is 8.42 Å². The molecule has 0 saturated heterocycles. The lowest BCUT2D eigenvalue weighted by molar-refractivity contribution is 0.105. The number of hydrogen-bond acceptors (Lipinski definition) is 5. The third-order valence-electron chi connectivity index (χ3n) is 3.40. The molecule has 2 N–H and O–H groups in total. The van der Waals surface area contributed by atoms with E-state index in [-0.39, 0.29) is 29.7 Å². The van der Waals surface area contributed by atoms with Gasteiger partial charge in [-0.2, -0.15) is 0 Å². The van der Waals surface area contributed by atoms with Crippen LogP contribution in [0.15, 0.2) is 27.8 Å². The number of nitrogens with zero attached hydrogens (tertiary/aromatic N) is 1. The van der Waals surface area contributed by atoms with E-state index in [0.717, 1.165) is 12.2 Å². The number of ether oxygens (including phenoxy) is 1. The van der Waals surface area contributed by atoms with Crippen molar-refractivity contribution in [2.24, 2.45) is 4.99 Å². The predicted octanol–water partition coefficient (Wildman–Crippen LogP) is 2.18. The van der Waals surface area contributed by atoms with Crippen molar-refractivity contribution in [1.82, 2.24) is 10.6 Å². The number of guanidine groups is 1. The van der Waals surface area contributed by atoms with Crippen LogP contribution in [0.3, 0.4) is 0 Å². The molecule has 0 aromatic carbocycles. The van der Waals surface area contributed by atoms with Crippen LogP contribution in [0.4, 0.5) is 0 Å². The summed E-state index contributed by atoms with van der Waals surface area (Å²) in [5.74, 6) is 1.47. The van der Waals surface area contributed by atoms with Gasteiger partial charge in [0.05, 0.1) is 16.8 Å². The van der Waals surface area contributed by atoms with Crippen molar-refractivity contribution >= 4 is 39.8 Å². The van der Waals surface area contributed by atoms with Crippen molar-refractivity contribution in [2.45, 2.75) is 38.5 Å². The van der Waals surface area contributed by atoms with Crippen LogP contribution in [-0.4, -0.2) is 51.6 Å². The van der Waals surface area contributed by atoms with Gasteiger partial charge < -0.3 is 19.8 Å². The van der Waals surface area contributed by atoms with Crippen molar-refractivity contribution < 1.29 is 17.6 Å². The molecule has 0 spiro atoms. The van der Waals surface area contributed by atoms with Crippen LogP contribution in [-0.2, 0) is 21.2 Å². The fraction of sp³-hybridized carbons (Fsp3) is 0.688. The van der Waals surface area contributed by atoms with Gasteiger partial charge in [0.15, 0.2) is 15.8 Å². The van der Waals surface area contributed by atoms with Gasteiger partial charge in [-0.1, -0.05) is 0 Å². The number of hydrogen-bond donors (Lipinski definition) is 2. The fourth-order valence-electron chi connectivity index (χ4n) is 1.78. The van der Waals surface area contributed by atoms with Gasteiger partial charge in [0.2, 0.25) is 0 Å². The molecule has 0 aliphatic carbocycles. The molecular weight excluding hydrogens is 457 g/mol. The van der Waals surface area contributed by atoms with Gasteiger partial charge in [-0.15, -0.1) is 24.0 Å². The summed E-state index contributed by atoms with van der Waals surface area (Å²) in [6.07, 6.45) is 2.43. The first-order chi connectivity index (χ1) is 11.3. The highest BCUT2D eigenvalue weighted by molar-refractivity contribution is 14.0. The van der Waals surface area contributed by atoms with Crippen LogP contribution in [0.2, 0.25) is 0 Å². The molecule has 1 rings (SSSR count). The number of rotatable bonds is 9. The molecule has 1 aromatic heterocycles. The molecule has 0 unspecified atom stereocenters. The maximum Gasteiger partial charge on any atom is 0.191 e. The Hall–Kier alpha value is -0.810. The van der Waals surface area contributed by atoms with E-state index in [9.17, 15) is 8.42 Å². The normalized spacial score (nSPS) is 12.6. The Morgan fingerprint density at radius 1 is 1.28 bits per heavy atom. The Balaban J connectivity index is 0.00000576. The van der Waals surface area contributed by atoms with E-state index >= 15 is 0 Å². The number of aliphatic imine (C=N–C) groups is 1. The van der Waals surface area contributed by atoms with Crippen molar-refractivity contribution in [3.63, 3.8) is 0 Å². The SMILES string of the molecule is CN=C(NCCCOCc1ccco1)NCCS(=O)(=O)C(C)(C)C.I. The van der Waals surface area contributed by atoms with Gasteiger partial charge in [-0.05, 0) is 39.3 Å². The maximum atomic E-state index is 12.0. The van der Waals surface area contributed by atoms with Crippen LogP contribution in [0, 0.1) is 0 Å². The van der Waals surface area contributed by atoms with Gasteiger partial charge in [0, 0.05) is 26.7 Å². The summed E-state index contributed by atoms with van der Waals surface area (Å²) in [5, 5.41) is 6.14. The summed E-state index contributed by atoms with van der Waals surface area (Å²) in [6, 6.07) is 3.70. The van der Waals surface area contributed by atoms with Crippen LogP contribution in [0.1, 0.15) is 33.0 Å². The second-order valence-corrected chi connectivity index (χ2v) is 9.21. The molecule has 0 aliphatic rings. The average Bonchev–Trinajstić information content (AvgIpc) is 3.00. The zero-order chi connectivity index (χ0) is 18.1. The summed E-state index contributed by atoms with van der Waals surface area (Å²) in [7, 11) is -1.48. The minimum Gasteiger partial charge on any atom is -0.467 e. The molecule has 0 amide bonds. The quantitative estimate of drug-likeness (QED) is 0.240. The molecule has 0 radical (unpaired) electrons. The monoisotopic (exact) mass is 487 g/mol. The molecule has 25 heavy (non-hydrogen) atoms. The van der Waals surface area contributed by atoms with Gasteiger partial charge in [-0.3, -0.25) is 4.99 Å². The first-order valence-electron chi connectivity index (χ1n) is 8.03. The van der Waals surface area contributed by atoms with Gasteiger partial charge >= 0.3 is 0 Å². The zero-order valence-corrected chi connectivity index (χ0v) is 18.5. The third-order valence-corrected chi connectivity index (χ3v) is 6.01. The first kappa shape index (κ1) is 24.2. The smallest absolute Gasteiger partial charge is 0.191 e. The molecule has 1 heterocycles. The minimum absolute atomic E-state index is 0. The van der Waals surface area contributed by atoms with E-state index in [1.807, 2.05) is 12.1 Å². The maximum absolute atomic E-state index is 12.0. The van der Waals surface area contributed by atoms with E-state index in [1.165, 1.54) is 0 Å². The Morgan fingerprint density at radius 3 is 2.52 bits per heavy atom. The van der Waals surface area contributed by atoms with E-state index in [1.54, 1.807) is 34.1 Å². The molecule has 0 bridgehead atoms. The number of nitrogens with one attached hydrogen (secondary N) is 2. The predicted molar refractivity (Wildman–Crippen MR) is 111 cm³/mol. The summed E-state index contributed by atoms with van der Waals surface area (Å²) in [4.78, 5) is 4.07. The molecule has 0 atom stereocenters. The van der Waals surface area contributed by atoms with Crippen LogP contribution < -0.4 is 10.6 Å². The largest absolute Gasteiger partial charge is 0.467 e. The van der Waals surface area contributed by atoms with Crippen molar-refractivity contribution in [3.8, 4) is 0 Å². The first-order valence-corrected chi connectivity index (χ1v) is 9.68. The highest BCUT2D eigenvalue weighted by Crippen LogP contribution is 2.15. The van der Waals surface area contributed by atoms with Crippen molar-refractivity contribution in [3.05, 3.63) is 24.2 Å². The van der Waals surface area contributed by atoms with Crippen LogP contribution in [0.5, 0.6) is 0 Å². The molecular formula is C16H30IN3O4S. The Bertz CT molecular complexity index is 595. The molecule has 1 aromatic rings. The van der Waals surface area contributed by atoms with Gasteiger partial charge in [0.25, 0.3) is 0 Å². The van der Waals surface area contributed by atoms with Crippen molar-refractivity contribution in [2.75, 3.05) is 32.5 Å². The average molecular weight is 487 g/mol. The number of halogens is 1. The second-order valence-electron chi connectivity index (χ2n) is 6.34. The molecule has 146 valence electrons. The highest BCUT2D eigenvalue weighted by atomic mass is 127. The summed E-state index contributed by atoms with van der Waals surface area (Å²) >= 11 is 0. The fourth-order valence-corrected chi connectivity index (χ4v) is 2.76. The standard InChI is InChI=1S/C16H29N3O4S.HI/c1-16(2,3)24(20,21)12-9-19-15(17-4)18-8-6-10-22-13-14-7-5-11-23-14;/h5,7,11H,6,8-10,12-13H2,1-4H3,(H2,17,18,19);1H. The topological polar surface area (TPSA) is 92.9 Å². The van der Waals surface area contributed by atoms with E-state index in [4.69, 9.17) is 9.15 Å². The third kappa shape index (κ3) is 9.45. The Morgan fingerprint density at radius 2 is 1.96 bits per heavy atom. The molecule has 0 aliphatic heterocycles. The van der Waals surface area contributed by atoms with Crippen LogP contribution >= 0.6 is 24.0 Å². The number of furan rings is 1. The Kier molecular flexibility index (Phi) is 11.4. The molecule has 0 fully saturated rings. The summed E-state index contributed by atoms with van der Waals surface area (Å²) in [5.41, 5.74) is 0. The lowest BCUT2D eigenvalue weighted by Crippen LogP contribution is -2.42. The van der Waals surface area contributed by atoms with Crippen LogP contribution in [0.25, 0.3) is 0 Å². The molecule has 9 heteroatoms. The molecule has 0 saturated carbocycles. The lowest BCUT2D eigenvalue weighted by atomic mass is 10.3.